The van der Waals surface area contributed by atoms with E-state index >= 15 is 0 Å². The molecule has 2 saturated carbocycles. The number of carbonyl (C=O) groups excluding carboxylic acids is 2. The molecule has 0 heterocycles. The topological polar surface area (TPSA) is 89.9 Å². The molecule has 2 rings (SSSR count). The quantitative estimate of drug-likeness (QED) is 0.409. The van der Waals surface area contributed by atoms with Gasteiger partial charge in [0.1, 0.15) is 6.10 Å². The summed E-state index contributed by atoms with van der Waals surface area (Å²) in [7, 11) is 0. The van der Waals surface area contributed by atoms with Gasteiger partial charge in [-0.1, -0.05) is 40.7 Å². The Morgan fingerprint density at radius 3 is 2.30 bits per heavy atom. The largest absolute Gasteiger partial charge is 0.478 e. The number of hydrogen-bond donors (Lipinski definition) is 1. The van der Waals surface area contributed by atoms with Gasteiger partial charge in [0.05, 0.1) is 6.61 Å². The first-order chi connectivity index (χ1) is 12.6. The Morgan fingerprint density at radius 2 is 1.85 bits per heavy atom. The van der Waals surface area contributed by atoms with Crippen molar-refractivity contribution in [2.45, 2.75) is 65.9 Å². The van der Waals surface area contributed by atoms with Gasteiger partial charge in [-0.3, -0.25) is 0 Å². The summed E-state index contributed by atoms with van der Waals surface area (Å²) in [5, 5.41) is 8.14. The number of carboxylic acid groups (broad SMARTS) is 1. The third-order valence-electron chi connectivity index (χ3n) is 6.24. The molecular formula is C21H32O6. The van der Waals surface area contributed by atoms with E-state index in [1.54, 1.807) is 0 Å². The lowest BCUT2D eigenvalue weighted by atomic mass is 9.70. The second kappa shape index (κ2) is 9.72. The van der Waals surface area contributed by atoms with E-state index in [9.17, 15) is 14.4 Å². The summed E-state index contributed by atoms with van der Waals surface area (Å²) in [6.07, 6.45) is 8.25. The molecule has 0 saturated heterocycles. The molecule has 0 unspecified atom stereocenters. The molecule has 2 aliphatic carbocycles. The van der Waals surface area contributed by atoms with E-state index in [1.807, 2.05) is 6.92 Å². The minimum absolute atomic E-state index is 0.0942. The fourth-order valence-electron chi connectivity index (χ4n) is 4.00. The van der Waals surface area contributed by atoms with Gasteiger partial charge in [0.15, 0.2) is 0 Å². The Hall–Kier alpha value is -2.11. The van der Waals surface area contributed by atoms with Crippen LogP contribution in [0.25, 0.3) is 0 Å². The number of aliphatic carboxylic acids is 1. The van der Waals surface area contributed by atoms with E-state index in [0.29, 0.717) is 17.9 Å². The van der Waals surface area contributed by atoms with Gasteiger partial charge >= 0.3 is 17.9 Å². The average molecular weight is 380 g/mol. The summed E-state index contributed by atoms with van der Waals surface area (Å²) < 4.78 is 10.1. The summed E-state index contributed by atoms with van der Waals surface area (Å²) in [4.78, 5) is 31.8. The van der Waals surface area contributed by atoms with Crippen LogP contribution in [0.1, 0.15) is 59.8 Å². The zero-order chi connectivity index (χ0) is 20.7. The van der Waals surface area contributed by atoms with Crippen LogP contribution in [-0.2, 0) is 23.9 Å². The van der Waals surface area contributed by atoms with Crippen LogP contribution in [0, 0.1) is 16.7 Å². The predicted molar refractivity (Wildman–Crippen MR) is 102 cm³/mol. The van der Waals surface area contributed by atoms with Crippen molar-refractivity contribution in [3.63, 3.8) is 0 Å². The number of carboxylic acids is 1. The Kier molecular flexibility index (Phi) is 8.25. The predicted octanol–water partition coefficient (Wildman–Crippen LogP) is 3.90. The third-order valence-corrected chi connectivity index (χ3v) is 6.24. The van der Waals surface area contributed by atoms with Gasteiger partial charge in [-0.15, -0.1) is 0 Å². The van der Waals surface area contributed by atoms with E-state index in [0.717, 1.165) is 31.4 Å². The number of ether oxygens (including phenoxy) is 2. The number of rotatable bonds is 7. The Bertz CT molecular complexity index is 591. The number of esters is 2. The molecule has 3 atom stereocenters. The van der Waals surface area contributed by atoms with Crippen molar-refractivity contribution in [2.75, 3.05) is 6.61 Å². The smallest absolute Gasteiger partial charge is 0.331 e. The SMILES string of the molecule is C=CC(=O)O[C@H]1C[C@@H]2CC[C@@]1(C)C2(C)C.CCCCOC(=O)/C=C\C(=O)O. The van der Waals surface area contributed by atoms with Crippen LogP contribution in [0.3, 0.4) is 0 Å². The van der Waals surface area contributed by atoms with Crippen molar-refractivity contribution in [2.24, 2.45) is 16.7 Å². The van der Waals surface area contributed by atoms with Gasteiger partial charge < -0.3 is 14.6 Å². The van der Waals surface area contributed by atoms with Crippen molar-refractivity contribution in [3.05, 3.63) is 24.8 Å². The number of hydrogen-bond acceptors (Lipinski definition) is 5. The summed E-state index contributed by atoms with van der Waals surface area (Å²) in [6, 6.07) is 0. The zero-order valence-electron chi connectivity index (χ0n) is 16.8. The lowest BCUT2D eigenvalue weighted by Gasteiger charge is -2.38. The normalized spacial score (nSPS) is 27.6. The van der Waals surface area contributed by atoms with E-state index in [4.69, 9.17) is 9.84 Å². The van der Waals surface area contributed by atoms with E-state index in [2.05, 4.69) is 32.1 Å². The molecule has 0 amide bonds. The van der Waals surface area contributed by atoms with Crippen LogP contribution < -0.4 is 0 Å². The summed E-state index contributed by atoms with van der Waals surface area (Å²) in [5.74, 6) is -1.32. The Morgan fingerprint density at radius 1 is 1.19 bits per heavy atom. The van der Waals surface area contributed by atoms with Crippen LogP contribution in [0.2, 0.25) is 0 Å². The first-order valence-corrected chi connectivity index (χ1v) is 9.49. The van der Waals surface area contributed by atoms with E-state index in [1.165, 1.54) is 18.9 Å². The van der Waals surface area contributed by atoms with E-state index in [-0.39, 0.29) is 17.5 Å². The van der Waals surface area contributed by atoms with Gasteiger partial charge in [-0.2, -0.15) is 0 Å². The fourth-order valence-corrected chi connectivity index (χ4v) is 4.00. The second-order valence-corrected chi connectivity index (χ2v) is 7.93. The van der Waals surface area contributed by atoms with Crippen molar-refractivity contribution in [1.82, 2.24) is 0 Å². The van der Waals surface area contributed by atoms with Crippen molar-refractivity contribution in [3.8, 4) is 0 Å². The molecule has 152 valence electrons. The lowest BCUT2D eigenvalue weighted by Crippen LogP contribution is -2.38. The summed E-state index contributed by atoms with van der Waals surface area (Å²) >= 11 is 0. The van der Waals surface area contributed by atoms with Crippen LogP contribution >= 0.6 is 0 Å². The maximum Gasteiger partial charge on any atom is 0.331 e. The Labute approximate surface area is 161 Å². The molecule has 0 spiro atoms. The third kappa shape index (κ3) is 5.68. The van der Waals surface area contributed by atoms with Crippen LogP contribution in [-0.4, -0.2) is 35.7 Å². The second-order valence-electron chi connectivity index (χ2n) is 7.93. The first kappa shape index (κ1) is 22.9. The molecule has 2 bridgehead atoms. The Balaban J connectivity index is 0.000000279. The summed E-state index contributed by atoms with van der Waals surface area (Å²) in [6.45, 7) is 12.7. The highest BCUT2D eigenvalue weighted by Crippen LogP contribution is 2.66. The van der Waals surface area contributed by atoms with Gasteiger partial charge in [-0.25, -0.2) is 14.4 Å². The molecule has 6 heteroatoms. The molecule has 2 fully saturated rings. The summed E-state index contributed by atoms with van der Waals surface area (Å²) in [5.41, 5.74) is 0.468. The monoisotopic (exact) mass is 380 g/mol. The van der Waals surface area contributed by atoms with Crippen molar-refractivity contribution >= 4 is 17.9 Å². The molecular weight excluding hydrogens is 348 g/mol. The fraction of sp³-hybridized carbons (Fsp3) is 0.667. The van der Waals surface area contributed by atoms with Gasteiger partial charge in [0.25, 0.3) is 0 Å². The van der Waals surface area contributed by atoms with Crippen molar-refractivity contribution in [1.29, 1.82) is 0 Å². The van der Waals surface area contributed by atoms with Gasteiger partial charge in [0.2, 0.25) is 0 Å². The molecule has 0 aromatic carbocycles. The zero-order valence-corrected chi connectivity index (χ0v) is 16.8. The number of fused-ring (bicyclic) bond motifs is 2. The standard InChI is InChI=1S/C13H20O2.C8H12O4/c1-5-11(14)15-10-8-9-6-7-13(10,4)12(9,2)3;1-2-3-6-12-8(11)5-4-7(9)10/h5,9-10H,1,6-8H2,2-4H3;4-5H,2-3,6H2,1H3,(H,9,10)/b;5-4-/t9-,10-,13+;/m0./s1. The molecule has 0 radical (unpaired) electrons. The lowest BCUT2D eigenvalue weighted by molar-refractivity contribution is -0.150. The highest BCUT2D eigenvalue weighted by Gasteiger charge is 2.62. The molecule has 1 N–H and O–H groups in total. The molecule has 0 aromatic rings. The number of unbranched alkanes of at least 4 members (excludes halogenated alkanes) is 1. The maximum atomic E-state index is 11.3. The van der Waals surface area contributed by atoms with Crippen molar-refractivity contribution < 1.29 is 29.0 Å². The van der Waals surface area contributed by atoms with Crippen LogP contribution in [0.15, 0.2) is 24.8 Å². The van der Waals surface area contributed by atoms with Crippen LogP contribution in [0.4, 0.5) is 0 Å². The maximum absolute atomic E-state index is 11.3. The molecule has 6 nitrogen and oxygen atoms in total. The first-order valence-electron chi connectivity index (χ1n) is 9.49. The minimum atomic E-state index is -1.15. The highest BCUT2D eigenvalue weighted by atomic mass is 16.5. The van der Waals surface area contributed by atoms with Crippen LogP contribution in [0.5, 0.6) is 0 Å². The molecule has 2 aliphatic rings. The number of carbonyl (C=O) groups is 3. The molecule has 0 aliphatic heterocycles. The minimum Gasteiger partial charge on any atom is -0.478 e. The molecule has 27 heavy (non-hydrogen) atoms. The molecule has 0 aromatic heterocycles. The van der Waals surface area contributed by atoms with E-state index < -0.39 is 11.9 Å². The highest BCUT2D eigenvalue weighted by molar-refractivity contribution is 5.90. The van der Waals surface area contributed by atoms with Gasteiger partial charge in [0, 0.05) is 23.6 Å². The average Bonchev–Trinajstić information content (AvgIpc) is 2.94. The van der Waals surface area contributed by atoms with Gasteiger partial charge in [-0.05, 0) is 37.0 Å².